The Labute approximate surface area is 147 Å². The number of hydrogen-bond acceptors (Lipinski definition) is 4. The Morgan fingerprint density at radius 2 is 1.96 bits per heavy atom. The van der Waals surface area contributed by atoms with Crippen molar-refractivity contribution in [2.75, 3.05) is 6.61 Å². The predicted octanol–water partition coefficient (Wildman–Crippen LogP) is 4.69. The molecule has 1 aromatic carbocycles. The van der Waals surface area contributed by atoms with Crippen molar-refractivity contribution in [3.05, 3.63) is 41.2 Å². The molecule has 5 heteroatoms. The maximum atomic E-state index is 12.4. The van der Waals surface area contributed by atoms with Crippen LogP contribution in [-0.2, 0) is 9.47 Å². The van der Waals surface area contributed by atoms with Crippen LogP contribution in [0.4, 0.5) is 0 Å². The van der Waals surface area contributed by atoms with E-state index in [0.29, 0.717) is 12.3 Å². The molecule has 1 unspecified atom stereocenters. The van der Waals surface area contributed by atoms with Crippen molar-refractivity contribution in [1.82, 2.24) is 9.97 Å². The van der Waals surface area contributed by atoms with E-state index in [1.54, 1.807) is 6.20 Å². The average Bonchev–Trinajstić information content (AvgIpc) is 2.93. The smallest absolute Gasteiger partial charge is 0.357 e. The number of ether oxygens (including phenoxy) is 2. The standard InChI is InChI=1S/C20H24N2O3/c1-6-24-13(5)14-8-7-9-15-18(14)17-12(4)19(20(23)25-11(2)3)21-10-16(17)22-15/h7-11,13,22H,6H2,1-5H3. The second-order valence-corrected chi connectivity index (χ2v) is 6.47. The molecule has 0 aliphatic carbocycles. The topological polar surface area (TPSA) is 64.2 Å². The first-order valence-electron chi connectivity index (χ1n) is 8.66. The summed E-state index contributed by atoms with van der Waals surface area (Å²) in [5, 5.41) is 2.08. The minimum absolute atomic E-state index is 0.0358. The molecule has 2 aromatic heterocycles. The maximum Gasteiger partial charge on any atom is 0.357 e. The fourth-order valence-corrected chi connectivity index (χ4v) is 3.28. The largest absolute Gasteiger partial charge is 0.458 e. The molecule has 0 aliphatic heterocycles. The number of carbonyl (C=O) groups is 1. The Bertz CT molecular complexity index is 927. The van der Waals surface area contributed by atoms with Crippen LogP contribution in [0, 0.1) is 6.92 Å². The van der Waals surface area contributed by atoms with Crippen molar-refractivity contribution in [3.8, 4) is 0 Å². The molecule has 0 radical (unpaired) electrons. The van der Waals surface area contributed by atoms with Gasteiger partial charge in [-0.1, -0.05) is 12.1 Å². The van der Waals surface area contributed by atoms with Gasteiger partial charge in [-0.05, 0) is 51.8 Å². The van der Waals surface area contributed by atoms with Crippen LogP contribution < -0.4 is 0 Å². The highest BCUT2D eigenvalue weighted by molar-refractivity contribution is 6.12. The van der Waals surface area contributed by atoms with Crippen LogP contribution in [0.15, 0.2) is 24.4 Å². The summed E-state index contributed by atoms with van der Waals surface area (Å²) in [7, 11) is 0. The number of pyridine rings is 1. The van der Waals surface area contributed by atoms with Crippen LogP contribution in [0.25, 0.3) is 21.8 Å². The fourth-order valence-electron chi connectivity index (χ4n) is 3.28. The van der Waals surface area contributed by atoms with E-state index in [4.69, 9.17) is 9.47 Å². The van der Waals surface area contributed by atoms with Crippen molar-refractivity contribution in [1.29, 1.82) is 0 Å². The summed E-state index contributed by atoms with van der Waals surface area (Å²) >= 11 is 0. The van der Waals surface area contributed by atoms with E-state index in [-0.39, 0.29) is 18.2 Å². The molecule has 3 aromatic rings. The normalized spacial score (nSPS) is 12.9. The summed E-state index contributed by atoms with van der Waals surface area (Å²) < 4.78 is 11.1. The third-order valence-electron chi connectivity index (χ3n) is 4.33. The van der Waals surface area contributed by atoms with E-state index >= 15 is 0 Å². The van der Waals surface area contributed by atoms with E-state index < -0.39 is 0 Å². The minimum atomic E-state index is -0.390. The molecule has 3 rings (SSSR count). The lowest BCUT2D eigenvalue weighted by Crippen LogP contribution is -2.14. The third-order valence-corrected chi connectivity index (χ3v) is 4.33. The SMILES string of the molecule is CCOC(C)c1cccc2[nH]c3cnc(C(=O)OC(C)C)c(C)c3c12. The van der Waals surface area contributed by atoms with Crippen LogP contribution in [-0.4, -0.2) is 28.6 Å². The number of aromatic amines is 1. The van der Waals surface area contributed by atoms with Crippen molar-refractivity contribution in [2.45, 2.75) is 46.8 Å². The highest BCUT2D eigenvalue weighted by atomic mass is 16.5. The van der Waals surface area contributed by atoms with E-state index in [9.17, 15) is 4.79 Å². The molecule has 0 fully saturated rings. The third kappa shape index (κ3) is 3.12. The fraction of sp³-hybridized carbons (Fsp3) is 0.400. The number of benzene rings is 1. The molecular weight excluding hydrogens is 316 g/mol. The molecule has 0 bridgehead atoms. The summed E-state index contributed by atoms with van der Waals surface area (Å²) in [4.78, 5) is 20.1. The lowest BCUT2D eigenvalue weighted by Gasteiger charge is -2.14. The molecule has 1 N–H and O–H groups in total. The second-order valence-electron chi connectivity index (χ2n) is 6.47. The van der Waals surface area contributed by atoms with Gasteiger partial charge in [0.25, 0.3) is 0 Å². The number of nitrogens with zero attached hydrogens (tertiary/aromatic N) is 1. The quantitative estimate of drug-likeness (QED) is 0.685. The zero-order valence-corrected chi connectivity index (χ0v) is 15.3. The number of aromatic nitrogens is 2. The average molecular weight is 340 g/mol. The summed E-state index contributed by atoms with van der Waals surface area (Å²) in [6, 6.07) is 6.12. The maximum absolute atomic E-state index is 12.4. The first-order valence-corrected chi connectivity index (χ1v) is 8.66. The van der Waals surface area contributed by atoms with Crippen molar-refractivity contribution >= 4 is 27.8 Å². The van der Waals surface area contributed by atoms with E-state index in [1.807, 2.05) is 46.8 Å². The van der Waals surface area contributed by atoms with Gasteiger partial charge in [0.05, 0.1) is 23.9 Å². The Balaban J connectivity index is 2.25. The molecule has 2 heterocycles. The van der Waals surface area contributed by atoms with Gasteiger partial charge in [-0.3, -0.25) is 0 Å². The predicted molar refractivity (Wildman–Crippen MR) is 98.9 cm³/mol. The Morgan fingerprint density at radius 1 is 1.20 bits per heavy atom. The van der Waals surface area contributed by atoms with Gasteiger partial charge >= 0.3 is 5.97 Å². The van der Waals surface area contributed by atoms with Gasteiger partial charge < -0.3 is 14.5 Å². The first kappa shape index (κ1) is 17.4. The van der Waals surface area contributed by atoms with Gasteiger partial charge in [0.15, 0.2) is 5.69 Å². The number of fused-ring (bicyclic) bond motifs is 3. The highest BCUT2D eigenvalue weighted by Gasteiger charge is 2.21. The van der Waals surface area contributed by atoms with E-state index in [1.165, 1.54) is 0 Å². The van der Waals surface area contributed by atoms with Gasteiger partial charge in [0.1, 0.15) is 0 Å². The molecule has 0 aliphatic rings. The van der Waals surface area contributed by atoms with Crippen molar-refractivity contribution < 1.29 is 14.3 Å². The van der Waals surface area contributed by atoms with Gasteiger partial charge in [-0.25, -0.2) is 9.78 Å². The van der Waals surface area contributed by atoms with Gasteiger partial charge in [-0.2, -0.15) is 0 Å². The lowest BCUT2D eigenvalue weighted by molar-refractivity contribution is 0.0370. The van der Waals surface area contributed by atoms with Crippen LogP contribution >= 0.6 is 0 Å². The van der Waals surface area contributed by atoms with Crippen molar-refractivity contribution in [3.63, 3.8) is 0 Å². The summed E-state index contributed by atoms with van der Waals surface area (Å²) in [5.74, 6) is -0.390. The number of nitrogens with one attached hydrogen (secondary N) is 1. The molecule has 0 saturated heterocycles. The number of H-pyrrole nitrogens is 1. The van der Waals surface area contributed by atoms with E-state index in [2.05, 4.69) is 16.0 Å². The van der Waals surface area contributed by atoms with Crippen LogP contribution in [0.3, 0.4) is 0 Å². The van der Waals surface area contributed by atoms with Crippen molar-refractivity contribution in [2.24, 2.45) is 0 Å². The zero-order chi connectivity index (χ0) is 18.1. The molecule has 1 atom stereocenters. The van der Waals surface area contributed by atoms with Crippen LogP contribution in [0.5, 0.6) is 0 Å². The molecular formula is C20H24N2O3. The minimum Gasteiger partial charge on any atom is -0.458 e. The molecule has 5 nitrogen and oxygen atoms in total. The second kappa shape index (κ2) is 6.84. The number of aryl methyl sites for hydroxylation is 1. The Hall–Kier alpha value is -2.40. The van der Waals surface area contributed by atoms with Gasteiger partial charge in [-0.15, -0.1) is 0 Å². The molecule has 0 amide bonds. The number of esters is 1. The summed E-state index contributed by atoms with van der Waals surface area (Å²) in [6.45, 7) is 10.3. The van der Waals surface area contributed by atoms with Crippen LogP contribution in [0.1, 0.15) is 55.4 Å². The molecule has 132 valence electrons. The monoisotopic (exact) mass is 340 g/mol. The molecule has 0 spiro atoms. The first-order chi connectivity index (χ1) is 11.9. The van der Waals surface area contributed by atoms with Gasteiger partial charge in [0.2, 0.25) is 0 Å². The molecule has 25 heavy (non-hydrogen) atoms. The highest BCUT2D eigenvalue weighted by Crippen LogP contribution is 2.35. The zero-order valence-electron chi connectivity index (χ0n) is 15.3. The summed E-state index contributed by atoms with van der Waals surface area (Å²) in [5.41, 5.74) is 4.21. The molecule has 0 saturated carbocycles. The lowest BCUT2D eigenvalue weighted by atomic mass is 10.00. The number of carbonyl (C=O) groups excluding carboxylic acids is 1. The number of rotatable bonds is 5. The summed E-state index contributed by atoms with van der Waals surface area (Å²) in [6.07, 6.45) is 1.49. The van der Waals surface area contributed by atoms with Crippen LogP contribution in [0.2, 0.25) is 0 Å². The van der Waals surface area contributed by atoms with E-state index in [0.717, 1.165) is 32.9 Å². The Kier molecular flexibility index (Phi) is 4.77. The Morgan fingerprint density at radius 3 is 2.64 bits per heavy atom. The van der Waals surface area contributed by atoms with Gasteiger partial charge in [0, 0.05) is 22.9 Å². The number of hydrogen-bond donors (Lipinski definition) is 1.